The molecule has 0 radical (unpaired) electrons. The van der Waals surface area contributed by atoms with Gasteiger partial charge in [-0.15, -0.1) is 0 Å². The number of hydrogen-bond donors (Lipinski definition) is 3. The molecule has 2 aromatic rings. The molecule has 0 aliphatic rings. The number of nitrogens with zero attached hydrogens (tertiary/aromatic N) is 1. The monoisotopic (exact) mass is 252 g/mol. The maximum absolute atomic E-state index is 13.4. The number of hydrogen-bond acceptors (Lipinski definition) is 4. The molecular formula is C11H10ClFN4. The van der Waals surface area contributed by atoms with Crippen molar-refractivity contribution >= 4 is 34.6 Å². The van der Waals surface area contributed by atoms with E-state index in [-0.39, 0.29) is 11.5 Å². The molecule has 1 aromatic carbocycles. The van der Waals surface area contributed by atoms with Crippen LogP contribution in [0.1, 0.15) is 0 Å². The van der Waals surface area contributed by atoms with Crippen molar-refractivity contribution in [2.45, 2.75) is 0 Å². The molecule has 5 N–H and O–H groups in total. The van der Waals surface area contributed by atoms with Gasteiger partial charge in [0.1, 0.15) is 17.5 Å². The summed E-state index contributed by atoms with van der Waals surface area (Å²) < 4.78 is 13.4. The molecule has 0 aliphatic carbocycles. The van der Waals surface area contributed by atoms with Crippen LogP contribution in [0.15, 0.2) is 30.3 Å². The Balaban J connectivity index is 2.31. The van der Waals surface area contributed by atoms with E-state index in [1.54, 1.807) is 12.1 Å². The van der Waals surface area contributed by atoms with Crippen LogP contribution in [0.25, 0.3) is 0 Å². The van der Waals surface area contributed by atoms with Crippen molar-refractivity contribution in [3.63, 3.8) is 0 Å². The van der Waals surface area contributed by atoms with Gasteiger partial charge in [-0.3, -0.25) is 0 Å². The van der Waals surface area contributed by atoms with Gasteiger partial charge in [-0.1, -0.05) is 11.6 Å². The van der Waals surface area contributed by atoms with Crippen LogP contribution in [0.2, 0.25) is 5.02 Å². The Bertz CT molecular complexity index is 559. The minimum Gasteiger partial charge on any atom is -0.396 e. The summed E-state index contributed by atoms with van der Waals surface area (Å²) in [6, 6.07) is 7.39. The van der Waals surface area contributed by atoms with Crippen molar-refractivity contribution < 1.29 is 4.39 Å². The van der Waals surface area contributed by atoms with Gasteiger partial charge in [0.15, 0.2) is 0 Å². The molecule has 6 heteroatoms. The highest BCUT2D eigenvalue weighted by atomic mass is 35.5. The molecule has 0 bridgehead atoms. The van der Waals surface area contributed by atoms with E-state index in [2.05, 4.69) is 10.3 Å². The topological polar surface area (TPSA) is 77.0 Å². The van der Waals surface area contributed by atoms with E-state index in [1.807, 2.05) is 0 Å². The summed E-state index contributed by atoms with van der Waals surface area (Å²) in [6.07, 6.45) is 0. The highest BCUT2D eigenvalue weighted by Crippen LogP contribution is 2.24. The number of nitrogen functional groups attached to an aromatic ring is 2. The quantitative estimate of drug-likeness (QED) is 0.768. The Hall–Kier alpha value is -2.01. The first-order chi connectivity index (χ1) is 8.06. The minimum atomic E-state index is -0.424. The molecule has 0 unspecified atom stereocenters. The molecule has 0 spiro atoms. The lowest BCUT2D eigenvalue weighted by Crippen LogP contribution is -2.01. The molecule has 88 valence electrons. The van der Waals surface area contributed by atoms with Crippen molar-refractivity contribution in [3.8, 4) is 0 Å². The van der Waals surface area contributed by atoms with Crippen LogP contribution in [-0.4, -0.2) is 4.98 Å². The van der Waals surface area contributed by atoms with Crippen molar-refractivity contribution in [1.82, 2.24) is 4.98 Å². The molecule has 1 heterocycles. The van der Waals surface area contributed by atoms with Crippen LogP contribution in [0.4, 0.5) is 27.4 Å². The van der Waals surface area contributed by atoms with Crippen LogP contribution >= 0.6 is 11.6 Å². The number of halogens is 2. The highest BCUT2D eigenvalue weighted by Gasteiger charge is 2.05. The Morgan fingerprint density at radius 3 is 2.65 bits per heavy atom. The predicted molar refractivity (Wildman–Crippen MR) is 67.8 cm³/mol. The third kappa shape index (κ3) is 2.57. The normalized spacial score (nSPS) is 10.2. The summed E-state index contributed by atoms with van der Waals surface area (Å²) >= 11 is 5.77. The van der Waals surface area contributed by atoms with E-state index >= 15 is 0 Å². The summed E-state index contributed by atoms with van der Waals surface area (Å²) in [6.45, 7) is 0. The average molecular weight is 253 g/mol. The summed E-state index contributed by atoms with van der Waals surface area (Å²) in [7, 11) is 0. The van der Waals surface area contributed by atoms with Crippen molar-refractivity contribution in [2.75, 3.05) is 16.8 Å². The minimum absolute atomic E-state index is 0.192. The number of pyridine rings is 1. The standard InChI is InChI=1S/C11H10ClFN4/c12-6-1-2-7(13)9(5-6)16-10-4-3-8(14)11(15)17-10/h1-5H,14H2,(H3,15,16,17). The maximum Gasteiger partial charge on any atom is 0.149 e. The molecule has 0 saturated carbocycles. The van der Waals surface area contributed by atoms with Gasteiger partial charge in [-0.25, -0.2) is 9.37 Å². The molecule has 17 heavy (non-hydrogen) atoms. The van der Waals surface area contributed by atoms with Crippen molar-refractivity contribution in [1.29, 1.82) is 0 Å². The number of nitrogens with one attached hydrogen (secondary N) is 1. The predicted octanol–water partition coefficient (Wildman–Crippen LogP) is 2.78. The fraction of sp³-hybridized carbons (Fsp3) is 0. The largest absolute Gasteiger partial charge is 0.396 e. The molecule has 1 aromatic heterocycles. The summed E-state index contributed by atoms with van der Waals surface area (Å²) in [4.78, 5) is 3.97. The molecule has 0 atom stereocenters. The van der Waals surface area contributed by atoms with E-state index in [9.17, 15) is 4.39 Å². The van der Waals surface area contributed by atoms with E-state index in [0.717, 1.165) is 0 Å². The van der Waals surface area contributed by atoms with Crippen LogP contribution in [-0.2, 0) is 0 Å². The Morgan fingerprint density at radius 2 is 1.94 bits per heavy atom. The average Bonchev–Trinajstić information content (AvgIpc) is 2.29. The number of nitrogens with two attached hydrogens (primary N) is 2. The number of benzene rings is 1. The van der Waals surface area contributed by atoms with Crippen LogP contribution in [0.5, 0.6) is 0 Å². The van der Waals surface area contributed by atoms with Gasteiger partial charge < -0.3 is 16.8 Å². The molecule has 0 amide bonds. The van der Waals surface area contributed by atoms with E-state index in [0.29, 0.717) is 16.5 Å². The molecule has 0 aliphatic heterocycles. The number of rotatable bonds is 2. The zero-order valence-electron chi connectivity index (χ0n) is 8.74. The number of aromatic nitrogens is 1. The number of anilines is 4. The lowest BCUT2D eigenvalue weighted by atomic mass is 10.3. The summed E-state index contributed by atoms with van der Waals surface area (Å²) in [5, 5.41) is 3.20. The first-order valence-electron chi connectivity index (χ1n) is 4.80. The molecule has 0 fully saturated rings. The molecule has 0 saturated heterocycles. The van der Waals surface area contributed by atoms with Gasteiger partial charge >= 0.3 is 0 Å². The Kier molecular flexibility index (Phi) is 3.01. The molecule has 2 rings (SSSR count). The van der Waals surface area contributed by atoms with Gasteiger partial charge in [-0.2, -0.15) is 0 Å². The third-order valence-electron chi connectivity index (χ3n) is 2.15. The second-order valence-corrected chi connectivity index (χ2v) is 3.86. The summed E-state index contributed by atoms with van der Waals surface area (Å²) in [5.41, 5.74) is 11.7. The first kappa shape index (κ1) is 11.5. The van der Waals surface area contributed by atoms with Gasteiger partial charge in [0, 0.05) is 5.02 Å². The van der Waals surface area contributed by atoms with Gasteiger partial charge in [0.2, 0.25) is 0 Å². The lowest BCUT2D eigenvalue weighted by Gasteiger charge is -2.08. The second-order valence-electron chi connectivity index (χ2n) is 3.42. The summed E-state index contributed by atoms with van der Waals surface area (Å²) in [5.74, 6) is 0.168. The smallest absolute Gasteiger partial charge is 0.149 e. The Labute approximate surface area is 102 Å². The fourth-order valence-corrected chi connectivity index (χ4v) is 1.46. The lowest BCUT2D eigenvalue weighted by molar-refractivity contribution is 0.632. The van der Waals surface area contributed by atoms with Gasteiger partial charge in [0.25, 0.3) is 0 Å². The van der Waals surface area contributed by atoms with Gasteiger partial charge in [-0.05, 0) is 30.3 Å². The van der Waals surface area contributed by atoms with E-state index < -0.39 is 5.82 Å². The van der Waals surface area contributed by atoms with Crippen LogP contribution in [0.3, 0.4) is 0 Å². The third-order valence-corrected chi connectivity index (χ3v) is 2.38. The van der Waals surface area contributed by atoms with Gasteiger partial charge in [0.05, 0.1) is 11.4 Å². The maximum atomic E-state index is 13.4. The zero-order chi connectivity index (χ0) is 12.4. The first-order valence-corrected chi connectivity index (χ1v) is 5.18. The second kappa shape index (κ2) is 4.47. The van der Waals surface area contributed by atoms with E-state index in [1.165, 1.54) is 18.2 Å². The Morgan fingerprint density at radius 1 is 1.18 bits per heavy atom. The van der Waals surface area contributed by atoms with Crippen molar-refractivity contribution in [3.05, 3.63) is 41.2 Å². The molecular weight excluding hydrogens is 243 g/mol. The van der Waals surface area contributed by atoms with E-state index in [4.69, 9.17) is 23.1 Å². The fourth-order valence-electron chi connectivity index (χ4n) is 1.29. The molecule has 4 nitrogen and oxygen atoms in total. The van der Waals surface area contributed by atoms with Crippen LogP contribution < -0.4 is 16.8 Å². The van der Waals surface area contributed by atoms with Crippen molar-refractivity contribution in [2.24, 2.45) is 0 Å². The highest BCUT2D eigenvalue weighted by molar-refractivity contribution is 6.30. The zero-order valence-corrected chi connectivity index (χ0v) is 9.50. The van der Waals surface area contributed by atoms with Crippen LogP contribution in [0, 0.1) is 5.82 Å². The SMILES string of the molecule is Nc1ccc(Nc2cc(Cl)ccc2F)nc1N.